The molecule has 3 heterocycles. The zero-order valence-electron chi connectivity index (χ0n) is 17.8. The molecule has 0 aliphatic carbocycles. The number of pyridine rings is 1. The van der Waals surface area contributed by atoms with E-state index < -0.39 is 5.83 Å². The number of nitrogens with two attached hydrogens (primary N) is 1. The Hall–Kier alpha value is -3.82. The van der Waals surface area contributed by atoms with E-state index in [0.717, 1.165) is 0 Å². The summed E-state index contributed by atoms with van der Waals surface area (Å²) < 4.78 is 22.3. The standard InChI is InChI=1S/C21H24FN7O2/c1-6-15-17(24-21(23)25-18(15)19(31-5)13(4)22)16-11-28(27-26-16)10-14-8-7-9-29(12(2)3)20(14)30/h6-9,11-12H,1,10H2,2-5H3,(H2,23,24,25)/b19-13-. The lowest BCUT2D eigenvalue weighted by Gasteiger charge is -2.12. The zero-order valence-corrected chi connectivity index (χ0v) is 17.8. The van der Waals surface area contributed by atoms with Gasteiger partial charge in [-0.1, -0.05) is 23.9 Å². The molecular weight excluding hydrogens is 401 g/mol. The molecule has 3 aromatic heterocycles. The number of aromatic nitrogens is 6. The predicted molar refractivity (Wildman–Crippen MR) is 116 cm³/mol. The molecule has 3 aromatic rings. The fourth-order valence-corrected chi connectivity index (χ4v) is 3.19. The summed E-state index contributed by atoms with van der Waals surface area (Å²) in [5.74, 6) is -0.719. The van der Waals surface area contributed by atoms with E-state index >= 15 is 0 Å². The number of halogens is 1. The van der Waals surface area contributed by atoms with Gasteiger partial charge in [-0.2, -0.15) is 0 Å². The molecule has 0 bridgehead atoms. The number of nitrogens with zero attached hydrogens (tertiary/aromatic N) is 6. The van der Waals surface area contributed by atoms with Crippen molar-refractivity contribution in [3.8, 4) is 11.4 Å². The molecule has 3 rings (SSSR count). The monoisotopic (exact) mass is 425 g/mol. The number of hydrogen-bond donors (Lipinski definition) is 1. The lowest BCUT2D eigenvalue weighted by atomic mass is 10.1. The molecule has 9 nitrogen and oxygen atoms in total. The van der Waals surface area contributed by atoms with Gasteiger partial charge in [-0.05, 0) is 26.8 Å². The molecule has 162 valence electrons. The van der Waals surface area contributed by atoms with Crippen molar-refractivity contribution in [2.45, 2.75) is 33.4 Å². The molecule has 31 heavy (non-hydrogen) atoms. The summed E-state index contributed by atoms with van der Waals surface area (Å²) in [6.07, 6.45) is 4.85. The van der Waals surface area contributed by atoms with Crippen LogP contribution in [0.25, 0.3) is 23.2 Å². The third-order valence-corrected chi connectivity index (χ3v) is 4.62. The predicted octanol–water partition coefficient (Wildman–Crippen LogP) is 3.06. The average Bonchev–Trinajstić information content (AvgIpc) is 3.17. The Morgan fingerprint density at radius 3 is 2.74 bits per heavy atom. The molecular formula is C21H24FN7O2. The SMILES string of the molecule is C=Cc1c(/C(OC)=C(\C)F)nc(N)nc1-c1cn(Cc2cccn(C(C)C)c2=O)nn1. The lowest BCUT2D eigenvalue weighted by molar-refractivity contribution is 0.354. The van der Waals surface area contributed by atoms with E-state index in [-0.39, 0.29) is 35.5 Å². The van der Waals surface area contributed by atoms with Gasteiger partial charge in [0.15, 0.2) is 5.76 Å². The smallest absolute Gasteiger partial charge is 0.255 e. The highest BCUT2D eigenvalue weighted by atomic mass is 19.1. The van der Waals surface area contributed by atoms with Crippen LogP contribution >= 0.6 is 0 Å². The minimum atomic E-state index is -0.566. The third-order valence-electron chi connectivity index (χ3n) is 4.62. The number of hydrogen-bond acceptors (Lipinski definition) is 7. The van der Waals surface area contributed by atoms with E-state index in [1.807, 2.05) is 19.9 Å². The number of anilines is 1. The number of ether oxygens (including phenoxy) is 1. The maximum atomic E-state index is 14.0. The van der Waals surface area contributed by atoms with Crippen molar-refractivity contribution in [3.05, 3.63) is 64.1 Å². The zero-order chi connectivity index (χ0) is 22.7. The van der Waals surface area contributed by atoms with E-state index in [2.05, 4.69) is 26.9 Å². The van der Waals surface area contributed by atoms with Crippen LogP contribution in [-0.4, -0.2) is 36.6 Å². The Balaban J connectivity index is 2.05. The van der Waals surface area contributed by atoms with Crippen molar-refractivity contribution >= 4 is 17.8 Å². The summed E-state index contributed by atoms with van der Waals surface area (Å²) in [5.41, 5.74) is 7.59. The van der Waals surface area contributed by atoms with E-state index in [9.17, 15) is 9.18 Å². The van der Waals surface area contributed by atoms with Gasteiger partial charge in [0.05, 0.1) is 19.9 Å². The molecule has 0 unspecified atom stereocenters. The quantitative estimate of drug-likeness (QED) is 0.579. The van der Waals surface area contributed by atoms with Crippen molar-refractivity contribution < 1.29 is 9.13 Å². The van der Waals surface area contributed by atoms with Gasteiger partial charge in [-0.3, -0.25) is 4.79 Å². The second kappa shape index (κ2) is 8.90. The van der Waals surface area contributed by atoms with Crippen molar-refractivity contribution in [3.63, 3.8) is 0 Å². The maximum Gasteiger partial charge on any atom is 0.255 e. The largest absolute Gasteiger partial charge is 0.492 e. The fraction of sp³-hybridized carbons (Fsp3) is 0.286. The summed E-state index contributed by atoms with van der Waals surface area (Å²) in [7, 11) is 1.34. The summed E-state index contributed by atoms with van der Waals surface area (Å²) in [5, 5.41) is 8.25. The first-order valence-corrected chi connectivity index (χ1v) is 9.58. The van der Waals surface area contributed by atoms with Gasteiger partial charge in [0.25, 0.3) is 5.56 Å². The third kappa shape index (κ3) is 4.37. The van der Waals surface area contributed by atoms with Crippen LogP contribution in [0.5, 0.6) is 0 Å². The fourth-order valence-electron chi connectivity index (χ4n) is 3.19. The molecule has 0 saturated heterocycles. The van der Waals surface area contributed by atoms with Crippen molar-refractivity contribution in [2.24, 2.45) is 0 Å². The minimum Gasteiger partial charge on any atom is -0.492 e. The topological polar surface area (TPSA) is 114 Å². The van der Waals surface area contributed by atoms with Crippen LogP contribution in [0.3, 0.4) is 0 Å². The highest BCUT2D eigenvalue weighted by Crippen LogP contribution is 2.30. The highest BCUT2D eigenvalue weighted by Gasteiger charge is 2.21. The van der Waals surface area contributed by atoms with E-state index in [1.54, 1.807) is 23.0 Å². The minimum absolute atomic E-state index is 0.0401. The van der Waals surface area contributed by atoms with Crippen LogP contribution in [0.4, 0.5) is 10.3 Å². The molecule has 0 aliphatic heterocycles. The Morgan fingerprint density at radius 1 is 1.39 bits per heavy atom. The van der Waals surface area contributed by atoms with Crippen LogP contribution in [0.1, 0.15) is 43.6 Å². The van der Waals surface area contributed by atoms with Gasteiger partial charge in [0, 0.05) is 23.4 Å². The Kier molecular flexibility index (Phi) is 6.28. The molecule has 2 N–H and O–H groups in total. The summed E-state index contributed by atoms with van der Waals surface area (Å²) in [4.78, 5) is 21.0. The molecule has 10 heteroatoms. The van der Waals surface area contributed by atoms with Crippen molar-refractivity contribution in [1.29, 1.82) is 0 Å². The normalized spacial score (nSPS) is 12.1. The second-order valence-corrected chi connectivity index (χ2v) is 7.10. The number of allylic oxidation sites excluding steroid dienone is 1. The molecule has 0 spiro atoms. The molecule has 0 amide bonds. The molecule has 0 saturated carbocycles. The van der Waals surface area contributed by atoms with Crippen LogP contribution in [-0.2, 0) is 11.3 Å². The first-order chi connectivity index (χ1) is 14.8. The van der Waals surface area contributed by atoms with Crippen LogP contribution in [0.2, 0.25) is 0 Å². The van der Waals surface area contributed by atoms with Crippen molar-refractivity contribution in [2.75, 3.05) is 12.8 Å². The first kappa shape index (κ1) is 21.9. The Labute approximate surface area is 178 Å². The van der Waals surface area contributed by atoms with Gasteiger partial charge >= 0.3 is 0 Å². The van der Waals surface area contributed by atoms with Gasteiger partial charge in [0.2, 0.25) is 5.95 Å². The summed E-state index contributed by atoms with van der Waals surface area (Å²) in [6, 6.07) is 3.61. The van der Waals surface area contributed by atoms with E-state index in [4.69, 9.17) is 10.5 Å². The van der Waals surface area contributed by atoms with Crippen LogP contribution < -0.4 is 11.3 Å². The van der Waals surface area contributed by atoms with E-state index in [1.165, 1.54) is 24.8 Å². The van der Waals surface area contributed by atoms with Crippen molar-refractivity contribution in [1.82, 2.24) is 29.5 Å². The molecule has 0 fully saturated rings. The van der Waals surface area contributed by atoms with Crippen LogP contribution in [0.15, 0.2) is 41.7 Å². The molecule has 0 aromatic carbocycles. The van der Waals surface area contributed by atoms with Gasteiger partial charge in [0.1, 0.15) is 22.9 Å². The van der Waals surface area contributed by atoms with Gasteiger partial charge < -0.3 is 15.0 Å². The Bertz CT molecular complexity index is 1210. The maximum absolute atomic E-state index is 14.0. The summed E-state index contributed by atoms with van der Waals surface area (Å²) >= 11 is 0. The molecule has 0 atom stereocenters. The van der Waals surface area contributed by atoms with Gasteiger partial charge in [-0.25, -0.2) is 19.0 Å². The average molecular weight is 425 g/mol. The van der Waals surface area contributed by atoms with Gasteiger partial charge in [-0.15, -0.1) is 5.10 Å². The summed E-state index contributed by atoms with van der Waals surface area (Å²) in [6.45, 7) is 9.13. The number of rotatable bonds is 7. The first-order valence-electron chi connectivity index (χ1n) is 9.58. The Morgan fingerprint density at radius 2 is 2.13 bits per heavy atom. The lowest BCUT2D eigenvalue weighted by Crippen LogP contribution is -2.25. The molecule has 0 radical (unpaired) electrons. The van der Waals surface area contributed by atoms with E-state index in [0.29, 0.717) is 22.5 Å². The number of nitrogen functional groups attached to an aromatic ring is 1. The highest BCUT2D eigenvalue weighted by molar-refractivity contribution is 5.78. The second-order valence-electron chi connectivity index (χ2n) is 7.10. The molecule has 0 aliphatic rings. The number of methoxy groups -OCH3 is 1. The van der Waals surface area contributed by atoms with Crippen LogP contribution in [0, 0.1) is 0 Å².